The summed E-state index contributed by atoms with van der Waals surface area (Å²) in [5, 5.41) is 10.5. The molecule has 0 aromatic rings. The third-order valence-corrected chi connectivity index (χ3v) is 5.73. The summed E-state index contributed by atoms with van der Waals surface area (Å²) in [4.78, 5) is 5.02. The number of likely N-dealkylation sites (tertiary alicyclic amines) is 1. The summed E-state index contributed by atoms with van der Waals surface area (Å²) in [5.74, 6) is 0.897. The van der Waals surface area contributed by atoms with E-state index in [0.717, 1.165) is 51.6 Å². The molecule has 0 aliphatic carbocycles. The van der Waals surface area contributed by atoms with Gasteiger partial charge in [0.1, 0.15) is 0 Å². The van der Waals surface area contributed by atoms with Crippen LogP contribution < -0.4 is 0 Å². The topological polar surface area (TPSA) is 35.9 Å². The highest BCUT2D eigenvalue weighted by atomic mass is 16.5. The fourth-order valence-electron chi connectivity index (χ4n) is 3.75. The van der Waals surface area contributed by atoms with E-state index in [2.05, 4.69) is 23.6 Å². The number of hydrogen-bond donors (Lipinski definition) is 1. The van der Waals surface area contributed by atoms with Crippen molar-refractivity contribution < 1.29 is 9.84 Å². The molecule has 2 aliphatic rings. The zero-order chi connectivity index (χ0) is 15.8. The molecule has 1 N–H and O–H groups in total. The Morgan fingerprint density at radius 1 is 1.00 bits per heavy atom. The number of ether oxygens (including phenoxy) is 1. The molecule has 0 unspecified atom stereocenters. The highest BCUT2D eigenvalue weighted by molar-refractivity contribution is 4.82. The Morgan fingerprint density at radius 2 is 1.64 bits per heavy atom. The smallest absolute Gasteiger partial charge is 0.0768 e. The molecule has 2 fully saturated rings. The van der Waals surface area contributed by atoms with Crippen molar-refractivity contribution in [3.8, 4) is 0 Å². The van der Waals surface area contributed by atoms with Gasteiger partial charge in [-0.15, -0.1) is 0 Å². The molecule has 0 atom stereocenters. The minimum Gasteiger partial charge on any atom is -0.389 e. The lowest BCUT2D eigenvalue weighted by Crippen LogP contribution is -2.45. The molecular formula is C18H36N2O2. The minimum atomic E-state index is -0.469. The fourth-order valence-corrected chi connectivity index (χ4v) is 3.75. The summed E-state index contributed by atoms with van der Waals surface area (Å²) in [6.45, 7) is 12.7. The normalized spacial score (nSPS) is 23.0. The summed E-state index contributed by atoms with van der Waals surface area (Å²) >= 11 is 0. The zero-order valence-corrected chi connectivity index (χ0v) is 14.7. The van der Waals surface area contributed by atoms with E-state index < -0.39 is 5.60 Å². The summed E-state index contributed by atoms with van der Waals surface area (Å²) in [6, 6.07) is 0. The van der Waals surface area contributed by atoms with Crippen LogP contribution in [0.1, 0.15) is 52.4 Å². The molecule has 0 spiro atoms. The number of β-amino-alcohol motifs (C(OH)–C–C–N with tert-alkyl or cyclic N) is 1. The van der Waals surface area contributed by atoms with Crippen molar-refractivity contribution in [3.63, 3.8) is 0 Å². The van der Waals surface area contributed by atoms with Crippen LogP contribution in [0.3, 0.4) is 0 Å². The van der Waals surface area contributed by atoms with Gasteiger partial charge in [0.2, 0.25) is 0 Å². The zero-order valence-electron chi connectivity index (χ0n) is 14.7. The van der Waals surface area contributed by atoms with Gasteiger partial charge in [-0.05, 0) is 64.1 Å². The second-order valence-corrected chi connectivity index (χ2v) is 7.25. The standard InChI is InChI=1S/C18H36N2O2/c1-3-18(21,4-2)16-20-10-7-17(8-11-20)6-5-9-19-12-14-22-15-13-19/h17,21H,3-16H2,1-2H3. The lowest BCUT2D eigenvalue weighted by Gasteiger charge is -2.37. The van der Waals surface area contributed by atoms with E-state index in [9.17, 15) is 5.11 Å². The first-order valence-electron chi connectivity index (χ1n) is 9.40. The van der Waals surface area contributed by atoms with E-state index in [0.29, 0.717) is 0 Å². The molecule has 4 nitrogen and oxygen atoms in total. The van der Waals surface area contributed by atoms with Crippen LogP contribution in [0.4, 0.5) is 0 Å². The summed E-state index contributed by atoms with van der Waals surface area (Å²) in [7, 11) is 0. The van der Waals surface area contributed by atoms with E-state index in [1.807, 2.05) is 0 Å². The quantitative estimate of drug-likeness (QED) is 0.746. The van der Waals surface area contributed by atoms with Gasteiger partial charge < -0.3 is 14.7 Å². The van der Waals surface area contributed by atoms with Crippen LogP contribution in [-0.2, 0) is 4.74 Å². The Hall–Kier alpha value is -0.160. The second-order valence-electron chi connectivity index (χ2n) is 7.25. The van der Waals surface area contributed by atoms with E-state index in [1.165, 1.54) is 45.3 Å². The first-order chi connectivity index (χ1) is 10.6. The Labute approximate surface area is 136 Å². The second kappa shape index (κ2) is 9.21. The van der Waals surface area contributed by atoms with Crippen molar-refractivity contribution in [2.24, 2.45) is 5.92 Å². The number of nitrogens with zero attached hydrogens (tertiary/aromatic N) is 2. The number of rotatable bonds is 8. The molecule has 2 heterocycles. The molecule has 2 saturated heterocycles. The molecule has 4 heteroatoms. The number of piperidine rings is 1. The monoisotopic (exact) mass is 312 g/mol. The van der Waals surface area contributed by atoms with Crippen molar-refractivity contribution in [2.75, 3.05) is 52.5 Å². The van der Waals surface area contributed by atoms with Gasteiger partial charge in [0.25, 0.3) is 0 Å². The summed E-state index contributed by atoms with van der Waals surface area (Å²) in [6.07, 6.45) is 7.06. The lowest BCUT2D eigenvalue weighted by molar-refractivity contribution is -0.0122. The van der Waals surface area contributed by atoms with Gasteiger partial charge >= 0.3 is 0 Å². The highest BCUT2D eigenvalue weighted by Crippen LogP contribution is 2.25. The Morgan fingerprint density at radius 3 is 2.23 bits per heavy atom. The van der Waals surface area contributed by atoms with Crippen LogP contribution in [0, 0.1) is 5.92 Å². The third kappa shape index (κ3) is 5.80. The molecule has 130 valence electrons. The Balaban J connectivity index is 1.58. The largest absolute Gasteiger partial charge is 0.389 e. The first kappa shape index (κ1) is 18.2. The van der Waals surface area contributed by atoms with Gasteiger partial charge in [-0.3, -0.25) is 4.90 Å². The van der Waals surface area contributed by atoms with Gasteiger partial charge in [0.15, 0.2) is 0 Å². The van der Waals surface area contributed by atoms with Gasteiger partial charge in [-0.2, -0.15) is 0 Å². The van der Waals surface area contributed by atoms with Crippen LogP contribution in [-0.4, -0.2) is 73.0 Å². The van der Waals surface area contributed by atoms with Crippen LogP contribution in [0.5, 0.6) is 0 Å². The van der Waals surface area contributed by atoms with Gasteiger partial charge in [0, 0.05) is 19.6 Å². The third-order valence-electron chi connectivity index (χ3n) is 5.73. The molecule has 0 saturated carbocycles. The predicted molar refractivity (Wildman–Crippen MR) is 91.2 cm³/mol. The van der Waals surface area contributed by atoms with E-state index in [4.69, 9.17) is 4.74 Å². The molecule has 0 bridgehead atoms. The maximum Gasteiger partial charge on any atom is 0.0768 e. The molecule has 22 heavy (non-hydrogen) atoms. The highest BCUT2D eigenvalue weighted by Gasteiger charge is 2.28. The maximum atomic E-state index is 10.5. The molecular weight excluding hydrogens is 276 g/mol. The van der Waals surface area contributed by atoms with E-state index in [1.54, 1.807) is 0 Å². The lowest BCUT2D eigenvalue weighted by atomic mass is 9.90. The molecule has 0 amide bonds. The minimum absolute atomic E-state index is 0.469. The Bertz CT molecular complexity index is 293. The van der Waals surface area contributed by atoms with Crippen molar-refractivity contribution >= 4 is 0 Å². The van der Waals surface area contributed by atoms with Crippen molar-refractivity contribution in [1.82, 2.24) is 9.80 Å². The molecule has 0 radical (unpaired) electrons. The fraction of sp³-hybridized carbons (Fsp3) is 1.00. The van der Waals surface area contributed by atoms with Gasteiger partial charge in [-0.25, -0.2) is 0 Å². The number of aliphatic hydroxyl groups is 1. The molecule has 0 aromatic carbocycles. The number of morpholine rings is 1. The van der Waals surface area contributed by atoms with Crippen LogP contribution >= 0.6 is 0 Å². The molecule has 2 aliphatic heterocycles. The van der Waals surface area contributed by atoms with Crippen LogP contribution in [0.25, 0.3) is 0 Å². The van der Waals surface area contributed by atoms with Crippen molar-refractivity contribution in [2.45, 2.75) is 58.0 Å². The summed E-state index contributed by atoms with van der Waals surface area (Å²) < 4.78 is 5.40. The van der Waals surface area contributed by atoms with Crippen LogP contribution in [0.2, 0.25) is 0 Å². The summed E-state index contributed by atoms with van der Waals surface area (Å²) in [5.41, 5.74) is -0.469. The number of hydrogen-bond acceptors (Lipinski definition) is 4. The SMILES string of the molecule is CCC(O)(CC)CN1CCC(CCCN2CCOCC2)CC1. The van der Waals surface area contributed by atoms with Crippen molar-refractivity contribution in [1.29, 1.82) is 0 Å². The van der Waals surface area contributed by atoms with Crippen LogP contribution in [0.15, 0.2) is 0 Å². The van der Waals surface area contributed by atoms with E-state index in [-0.39, 0.29) is 0 Å². The average molecular weight is 312 g/mol. The Kier molecular flexibility index (Phi) is 7.61. The maximum absolute atomic E-state index is 10.5. The molecule has 2 rings (SSSR count). The van der Waals surface area contributed by atoms with Crippen molar-refractivity contribution in [3.05, 3.63) is 0 Å². The van der Waals surface area contributed by atoms with Gasteiger partial charge in [-0.1, -0.05) is 13.8 Å². The van der Waals surface area contributed by atoms with Gasteiger partial charge in [0.05, 0.1) is 18.8 Å². The predicted octanol–water partition coefficient (Wildman–Crippen LogP) is 2.36. The molecule has 0 aromatic heterocycles. The van der Waals surface area contributed by atoms with E-state index >= 15 is 0 Å². The average Bonchev–Trinajstić information content (AvgIpc) is 2.57. The first-order valence-corrected chi connectivity index (χ1v) is 9.40.